The number of methoxy groups -OCH3 is 1. The zero-order valence-corrected chi connectivity index (χ0v) is 8.22. The van der Waals surface area contributed by atoms with Gasteiger partial charge in [0.1, 0.15) is 5.78 Å². The molecule has 7 unspecified atom stereocenters. The van der Waals surface area contributed by atoms with Crippen molar-refractivity contribution in [2.24, 2.45) is 47.3 Å². The molecule has 0 amide bonds. The quantitative estimate of drug-likeness (QED) is 0.615. The number of ether oxygens (including phenoxy) is 1. The number of hydrogen-bond donors (Lipinski definition) is 0. The molecule has 5 aliphatic carbocycles. The normalized spacial score (nSPS) is 74.9. The van der Waals surface area contributed by atoms with E-state index in [-0.39, 0.29) is 0 Å². The van der Waals surface area contributed by atoms with Gasteiger partial charge in [0.15, 0.2) is 0 Å². The lowest BCUT2D eigenvalue weighted by molar-refractivity contribution is -0.143. The van der Waals surface area contributed by atoms with Crippen LogP contribution >= 0.6 is 0 Å². The van der Waals surface area contributed by atoms with Gasteiger partial charge in [-0.15, -0.1) is 0 Å². The van der Waals surface area contributed by atoms with Gasteiger partial charge in [-0.25, -0.2) is 0 Å². The first-order valence-corrected chi connectivity index (χ1v) is 5.91. The Labute approximate surface area is 83.0 Å². The second kappa shape index (κ2) is 1.71. The highest BCUT2D eigenvalue weighted by Gasteiger charge is 2.83. The van der Waals surface area contributed by atoms with Crippen LogP contribution in [-0.4, -0.2) is 19.0 Å². The highest BCUT2D eigenvalue weighted by molar-refractivity contribution is 5.91. The van der Waals surface area contributed by atoms with Crippen molar-refractivity contribution in [2.45, 2.75) is 12.5 Å². The molecular weight excluding hydrogens is 176 g/mol. The molecule has 0 aromatic carbocycles. The van der Waals surface area contributed by atoms with Crippen LogP contribution in [0.1, 0.15) is 6.42 Å². The Hall–Kier alpha value is -0.370. The molecule has 5 fully saturated rings. The van der Waals surface area contributed by atoms with E-state index in [0.29, 0.717) is 35.6 Å². The van der Waals surface area contributed by atoms with Gasteiger partial charge in [0.2, 0.25) is 0 Å². The molecule has 0 aliphatic heterocycles. The summed E-state index contributed by atoms with van der Waals surface area (Å²) in [6, 6.07) is 0. The molecule has 0 N–H and O–H groups in total. The van der Waals surface area contributed by atoms with Crippen LogP contribution in [0.2, 0.25) is 0 Å². The van der Waals surface area contributed by atoms with Gasteiger partial charge in [0.25, 0.3) is 0 Å². The molecule has 0 aromatic rings. The van der Waals surface area contributed by atoms with Crippen LogP contribution in [0, 0.1) is 47.3 Å². The molecule has 5 rings (SSSR count). The zero-order valence-electron chi connectivity index (χ0n) is 8.22. The van der Waals surface area contributed by atoms with Crippen molar-refractivity contribution in [1.82, 2.24) is 0 Å². The van der Waals surface area contributed by atoms with Crippen LogP contribution < -0.4 is 0 Å². The number of carbonyl (C=O) groups excluding carboxylic acids is 1. The van der Waals surface area contributed by atoms with Crippen molar-refractivity contribution < 1.29 is 9.53 Å². The number of hydrogen-bond acceptors (Lipinski definition) is 2. The predicted molar refractivity (Wildman–Crippen MR) is 48.3 cm³/mol. The van der Waals surface area contributed by atoms with E-state index in [1.54, 1.807) is 0 Å². The molecule has 2 heteroatoms. The number of rotatable bonds is 1. The predicted octanol–water partition coefficient (Wildman–Crippen LogP) is 0.958. The van der Waals surface area contributed by atoms with Gasteiger partial charge in [-0.2, -0.15) is 0 Å². The summed E-state index contributed by atoms with van der Waals surface area (Å²) in [5.41, 5.74) is 0. The van der Waals surface area contributed by atoms with Gasteiger partial charge in [0.05, 0.1) is 6.10 Å². The summed E-state index contributed by atoms with van der Waals surface area (Å²) in [6.07, 6.45) is 1.82. The molecule has 0 radical (unpaired) electrons. The number of ketones is 1. The van der Waals surface area contributed by atoms with Crippen molar-refractivity contribution in [3.8, 4) is 0 Å². The minimum Gasteiger partial charge on any atom is -0.381 e. The first-order chi connectivity index (χ1) is 6.84. The Morgan fingerprint density at radius 3 is 2.71 bits per heavy atom. The smallest absolute Gasteiger partial charge is 0.140 e. The maximum atomic E-state index is 12.1. The number of fused-ring (bicyclic) bond motifs is 2. The second-order valence-electron chi connectivity index (χ2n) is 6.03. The summed E-state index contributed by atoms with van der Waals surface area (Å²) in [7, 11) is 1.85. The molecule has 0 heterocycles. The van der Waals surface area contributed by atoms with Crippen molar-refractivity contribution in [1.29, 1.82) is 0 Å². The minimum absolute atomic E-state index is 0.440. The van der Waals surface area contributed by atoms with Gasteiger partial charge in [0, 0.05) is 18.9 Å². The molecule has 14 heavy (non-hydrogen) atoms. The Morgan fingerprint density at radius 2 is 1.93 bits per heavy atom. The SMILES string of the molecule is COC1C2C3C(=O)C4C1[C@@H]1C[C@H]4C3C21. The lowest BCUT2D eigenvalue weighted by Gasteiger charge is -2.45. The lowest BCUT2D eigenvalue weighted by atomic mass is 9.59. The van der Waals surface area contributed by atoms with E-state index in [1.165, 1.54) is 6.42 Å². The Kier molecular flexibility index (Phi) is 0.853. The van der Waals surface area contributed by atoms with Crippen molar-refractivity contribution in [3.63, 3.8) is 0 Å². The van der Waals surface area contributed by atoms with Gasteiger partial charge >= 0.3 is 0 Å². The third kappa shape index (κ3) is 0.396. The van der Waals surface area contributed by atoms with Gasteiger partial charge in [-0.05, 0) is 41.9 Å². The molecule has 0 saturated heterocycles. The molecule has 5 aliphatic rings. The summed E-state index contributed by atoms with van der Waals surface area (Å²) >= 11 is 0. The monoisotopic (exact) mass is 190 g/mol. The fourth-order valence-corrected chi connectivity index (χ4v) is 6.39. The Morgan fingerprint density at radius 1 is 1.07 bits per heavy atom. The molecule has 74 valence electrons. The van der Waals surface area contributed by atoms with Crippen LogP contribution in [0.3, 0.4) is 0 Å². The average molecular weight is 190 g/mol. The molecule has 2 nitrogen and oxygen atoms in total. The number of carbonyl (C=O) groups is 1. The summed E-state index contributed by atoms with van der Waals surface area (Å²) in [5, 5.41) is 0. The van der Waals surface area contributed by atoms with E-state index < -0.39 is 0 Å². The number of Topliss-reactive ketones (excluding diaryl/α,β-unsaturated/α-hetero) is 1. The Bertz CT molecular complexity index is 363. The van der Waals surface area contributed by atoms with E-state index in [9.17, 15) is 4.79 Å². The topological polar surface area (TPSA) is 26.3 Å². The molecule has 0 spiro atoms. The van der Waals surface area contributed by atoms with Gasteiger partial charge in [-0.1, -0.05) is 0 Å². The van der Waals surface area contributed by atoms with Crippen LogP contribution in [-0.2, 0) is 9.53 Å². The van der Waals surface area contributed by atoms with Crippen LogP contribution in [0.4, 0.5) is 0 Å². The van der Waals surface area contributed by atoms with E-state index in [0.717, 1.165) is 23.7 Å². The zero-order chi connectivity index (χ0) is 9.19. The average Bonchev–Trinajstić information content (AvgIpc) is 2.62. The summed E-state index contributed by atoms with van der Waals surface area (Å²) in [5.74, 6) is 6.22. The van der Waals surface area contributed by atoms with Crippen molar-refractivity contribution in [2.75, 3.05) is 7.11 Å². The first-order valence-electron chi connectivity index (χ1n) is 5.91. The third-order valence-corrected chi connectivity index (χ3v) is 6.31. The second-order valence-corrected chi connectivity index (χ2v) is 6.03. The summed E-state index contributed by atoms with van der Waals surface area (Å²) < 4.78 is 5.67. The lowest BCUT2D eigenvalue weighted by Crippen LogP contribution is -2.50. The van der Waals surface area contributed by atoms with E-state index in [2.05, 4.69) is 0 Å². The molecule has 5 saturated carbocycles. The van der Waals surface area contributed by atoms with Gasteiger partial charge in [-0.3, -0.25) is 4.79 Å². The van der Waals surface area contributed by atoms with Crippen LogP contribution in [0.15, 0.2) is 0 Å². The van der Waals surface area contributed by atoms with Crippen molar-refractivity contribution in [3.05, 3.63) is 0 Å². The summed E-state index contributed by atoms with van der Waals surface area (Å²) in [4.78, 5) is 12.1. The summed E-state index contributed by atoms with van der Waals surface area (Å²) in [6.45, 7) is 0. The standard InChI is InChI=1S/C12H14O2/c1-14-12-8-4-2-3-5-6(4)10(12)9(5)11(13)7(3)8/h3-10,12H,2H2,1H3/t3-,4+,5?,6?,7?,8?,9?,10?,12?/m0/s1. The van der Waals surface area contributed by atoms with Crippen LogP contribution in [0.5, 0.6) is 0 Å². The van der Waals surface area contributed by atoms with E-state index >= 15 is 0 Å². The van der Waals surface area contributed by atoms with Gasteiger partial charge < -0.3 is 4.74 Å². The maximum absolute atomic E-state index is 12.1. The molecule has 9 atom stereocenters. The molecule has 0 aromatic heterocycles. The highest BCUT2D eigenvalue weighted by Crippen LogP contribution is 2.81. The Balaban J connectivity index is 1.79. The minimum atomic E-state index is 0.440. The third-order valence-electron chi connectivity index (χ3n) is 6.31. The fraction of sp³-hybridized carbons (Fsp3) is 0.917. The largest absolute Gasteiger partial charge is 0.381 e. The highest BCUT2D eigenvalue weighted by atomic mass is 16.5. The fourth-order valence-electron chi connectivity index (χ4n) is 6.39. The molecular formula is C12H14O2. The van der Waals surface area contributed by atoms with E-state index in [1.807, 2.05) is 7.11 Å². The first kappa shape index (κ1) is 7.00. The van der Waals surface area contributed by atoms with E-state index in [4.69, 9.17) is 4.74 Å². The maximum Gasteiger partial charge on any atom is 0.140 e. The molecule has 2 bridgehead atoms. The van der Waals surface area contributed by atoms with Crippen molar-refractivity contribution >= 4 is 5.78 Å². The van der Waals surface area contributed by atoms with Crippen LogP contribution in [0.25, 0.3) is 0 Å².